The van der Waals surface area contributed by atoms with Gasteiger partial charge >= 0.3 is 0 Å². The Hall–Kier alpha value is -0.870. The van der Waals surface area contributed by atoms with Gasteiger partial charge in [-0.1, -0.05) is 30.3 Å². The number of hydrogen-bond acceptors (Lipinski definition) is 3. The molecule has 16 heavy (non-hydrogen) atoms. The highest BCUT2D eigenvalue weighted by molar-refractivity contribution is 6.30. The van der Waals surface area contributed by atoms with Gasteiger partial charge in [-0.25, -0.2) is 5.01 Å². The lowest BCUT2D eigenvalue weighted by Gasteiger charge is -2.31. The molecule has 0 spiro atoms. The summed E-state index contributed by atoms with van der Waals surface area (Å²) >= 11 is 5.81. The third-order valence-corrected chi connectivity index (χ3v) is 2.76. The van der Waals surface area contributed by atoms with E-state index in [0.29, 0.717) is 10.6 Å². The number of benzene rings is 1. The second-order valence-electron chi connectivity index (χ2n) is 4.06. The van der Waals surface area contributed by atoms with E-state index in [9.17, 15) is 5.11 Å². The second-order valence-corrected chi connectivity index (χ2v) is 4.50. The highest BCUT2D eigenvalue weighted by Gasteiger charge is 2.31. The van der Waals surface area contributed by atoms with Crippen LogP contribution in [0.2, 0.25) is 5.02 Å². The fraction of sp³-hybridized carbons (Fsp3) is 0.333. The smallest absolute Gasteiger partial charge is 0.124 e. The highest BCUT2D eigenvalue weighted by atomic mass is 35.5. The normalized spacial score (nSPS) is 14.9. The average Bonchev–Trinajstić information content (AvgIpc) is 2.17. The zero-order valence-corrected chi connectivity index (χ0v) is 10.3. The van der Waals surface area contributed by atoms with E-state index in [-0.39, 0.29) is 6.54 Å². The molecule has 88 valence electrons. The zero-order chi connectivity index (χ0) is 12.3. The average molecular weight is 241 g/mol. The quantitative estimate of drug-likeness (QED) is 0.480. The van der Waals surface area contributed by atoms with Crippen LogP contribution in [0.5, 0.6) is 0 Å². The molecule has 0 saturated heterocycles. The van der Waals surface area contributed by atoms with Crippen molar-refractivity contribution in [2.75, 3.05) is 13.6 Å². The van der Waals surface area contributed by atoms with E-state index in [1.807, 2.05) is 0 Å². The SMILES string of the molecule is C=C(C)C(O)(CN(C)N)c1ccc(Cl)cc1. The number of nitrogens with two attached hydrogens (primary N) is 1. The molecular formula is C12H17ClN2O. The Morgan fingerprint density at radius 1 is 1.50 bits per heavy atom. The number of aliphatic hydroxyl groups is 1. The summed E-state index contributed by atoms with van der Waals surface area (Å²) in [6.45, 7) is 5.87. The van der Waals surface area contributed by atoms with Gasteiger partial charge < -0.3 is 5.11 Å². The topological polar surface area (TPSA) is 49.5 Å². The number of rotatable bonds is 4. The number of halogens is 1. The van der Waals surface area contributed by atoms with Crippen LogP contribution >= 0.6 is 11.6 Å². The van der Waals surface area contributed by atoms with Crippen molar-refractivity contribution in [2.45, 2.75) is 12.5 Å². The first-order valence-corrected chi connectivity index (χ1v) is 5.34. The van der Waals surface area contributed by atoms with Crippen molar-refractivity contribution >= 4 is 11.6 Å². The van der Waals surface area contributed by atoms with Crippen LogP contribution in [0.15, 0.2) is 36.4 Å². The van der Waals surface area contributed by atoms with Crippen molar-refractivity contribution in [3.8, 4) is 0 Å². The Bertz CT molecular complexity index is 375. The van der Waals surface area contributed by atoms with Crippen LogP contribution in [-0.4, -0.2) is 23.7 Å². The molecule has 0 amide bonds. The lowest BCUT2D eigenvalue weighted by molar-refractivity contribution is 0.0406. The summed E-state index contributed by atoms with van der Waals surface area (Å²) in [5, 5.41) is 12.6. The summed E-state index contributed by atoms with van der Waals surface area (Å²) in [5.74, 6) is 5.59. The van der Waals surface area contributed by atoms with Crippen molar-refractivity contribution in [1.82, 2.24) is 5.01 Å². The van der Waals surface area contributed by atoms with Gasteiger partial charge in [0.15, 0.2) is 0 Å². The molecule has 4 heteroatoms. The maximum atomic E-state index is 10.6. The van der Waals surface area contributed by atoms with Crippen molar-refractivity contribution in [3.63, 3.8) is 0 Å². The Labute approximate surface area is 101 Å². The van der Waals surface area contributed by atoms with Crippen molar-refractivity contribution in [1.29, 1.82) is 0 Å². The highest BCUT2D eigenvalue weighted by Crippen LogP contribution is 2.29. The van der Waals surface area contributed by atoms with Crippen LogP contribution < -0.4 is 5.84 Å². The van der Waals surface area contributed by atoms with Gasteiger partial charge in [0, 0.05) is 18.6 Å². The van der Waals surface area contributed by atoms with E-state index in [1.165, 1.54) is 5.01 Å². The first-order valence-electron chi connectivity index (χ1n) is 4.96. The number of likely N-dealkylation sites (N-methyl/N-ethyl adjacent to an activating group) is 1. The van der Waals surface area contributed by atoms with E-state index >= 15 is 0 Å². The molecule has 0 fully saturated rings. The molecule has 0 bridgehead atoms. The molecule has 1 rings (SSSR count). The third-order valence-electron chi connectivity index (χ3n) is 2.51. The van der Waals surface area contributed by atoms with E-state index in [1.54, 1.807) is 38.2 Å². The van der Waals surface area contributed by atoms with Gasteiger partial charge in [0.05, 0.1) is 0 Å². The fourth-order valence-electron chi connectivity index (χ4n) is 1.56. The van der Waals surface area contributed by atoms with E-state index in [0.717, 1.165) is 5.56 Å². The van der Waals surface area contributed by atoms with Crippen molar-refractivity contribution < 1.29 is 5.11 Å². The van der Waals surface area contributed by atoms with Gasteiger partial charge in [0.25, 0.3) is 0 Å². The largest absolute Gasteiger partial charge is 0.379 e. The monoisotopic (exact) mass is 240 g/mol. The molecule has 1 aromatic rings. The summed E-state index contributed by atoms with van der Waals surface area (Å²) in [6, 6.07) is 7.03. The summed E-state index contributed by atoms with van der Waals surface area (Å²) in [4.78, 5) is 0. The summed E-state index contributed by atoms with van der Waals surface area (Å²) in [7, 11) is 1.70. The van der Waals surface area contributed by atoms with Crippen molar-refractivity contribution in [2.24, 2.45) is 5.84 Å². The lowest BCUT2D eigenvalue weighted by Crippen LogP contribution is -2.43. The minimum Gasteiger partial charge on any atom is -0.379 e. The van der Waals surface area contributed by atoms with Crippen LogP contribution in [0.3, 0.4) is 0 Å². The minimum atomic E-state index is -1.14. The molecule has 1 atom stereocenters. The van der Waals surface area contributed by atoms with E-state index < -0.39 is 5.60 Å². The van der Waals surface area contributed by atoms with Gasteiger partial charge in [-0.3, -0.25) is 5.84 Å². The molecule has 0 radical (unpaired) electrons. The first kappa shape index (κ1) is 13.2. The van der Waals surface area contributed by atoms with Crippen LogP contribution in [-0.2, 0) is 5.60 Å². The molecule has 0 aliphatic carbocycles. The lowest BCUT2D eigenvalue weighted by atomic mass is 9.87. The molecule has 0 saturated carbocycles. The second kappa shape index (κ2) is 4.97. The molecule has 1 aromatic carbocycles. The fourth-order valence-corrected chi connectivity index (χ4v) is 1.69. The maximum absolute atomic E-state index is 10.6. The summed E-state index contributed by atoms with van der Waals surface area (Å²) in [5.41, 5.74) is 0.238. The standard InChI is InChI=1S/C12H17ClN2O/c1-9(2)12(16,8-15(3)14)10-4-6-11(13)7-5-10/h4-7,16H,1,8,14H2,2-3H3. The Morgan fingerprint density at radius 2 is 2.00 bits per heavy atom. The van der Waals surface area contributed by atoms with E-state index in [4.69, 9.17) is 17.4 Å². The number of hydrogen-bond donors (Lipinski definition) is 2. The van der Waals surface area contributed by atoms with Gasteiger partial charge in [-0.05, 0) is 30.2 Å². The molecule has 3 N–H and O–H groups in total. The van der Waals surface area contributed by atoms with Crippen LogP contribution in [0.25, 0.3) is 0 Å². The Morgan fingerprint density at radius 3 is 2.38 bits per heavy atom. The molecule has 3 nitrogen and oxygen atoms in total. The first-order chi connectivity index (χ1) is 7.36. The number of nitrogens with zero attached hydrogens (tertiary/aromatic N) is 1. The summed E-state index contributed by atoms with van der Waals surface area (Å²) in [6.07, 6.45) is 0. The Balaban J connectivity index is 3.11. The molecule has 0 heterocycles. The van der Waals surface area contributed by atoms with E-state index in [2.05, 4.69) is 6.58 Å². The summed E-state index contributed by atoms with van der Waals surface area (Å²) < 4.78 is 0. The van der Waals surface area contributed by atoms with Gasteiger partial charge in [0.1, 0.15) is 5.60 Å². The molecule has 0 aliphatic rings. The third kappa shape index (κ3) is 2.83. The van der Waals surface area contributed by atoms with Crippen LogP contribution in [0.1, 0.15) is 12.5 Å². The molecule has 0 aromatic heterocycles. The molecule has 0 aliphatic heterocycles. The zero-order valence-electron chi connectivity index (χ0n) is 9.57. The minimum absolute atomic E-state index is 0.282. The van der Waals surface area contributed by atoms with Gasteiger partial charge in [0.2, 0.25) is 0 Å². The maximum Gasteiger partial charge on any atom is 0.124 e. The van der Waals surface area contributed by atoms with Crippen LogP contribution in [0, 0.1) is 0 Å². The van der Waals surface area contributed by atoms with Crippen LogP contribution in [0.4, 0.5) is 0 Å². The van der Waals surface area contributed by atoms with Crippen molar-refractivity contribution in [3.05, 3.63) is 47.0 Å². The van der Waals surface area contributed by atoms with Gasteiger partial charge in [-0.15, -0.1) is 0 Å². The number of hydrazine groups is 1. The predicted octanol–water partition coefficient (Wildman–Crippen LogP) is 1.91. The predicted molar refractivity (Wildman–Crippen MR) is 67.0 cm³/mol. The molecule has 1 unspecified atom stereocenters. The molecular weight excluding hydrogens is 224 g/mol. The van der Waals surface area contributed by atoms with Gasteiger partial charge in [-0.2, -0.15) is 0 Å². The Kier molecular flexibility index (Phi) is 4.10.